The molecule has 1 heterocycles. The fourth-order valence-electron chi connectivity index (χ4n) is 3.20. The first-order chi connectivity index (χ1) is 7.77. The van der Waals surface area contributed by atoms with Gasteiger partial charge in [-0.25, -0.2) is 0 Å². The highest BCUT2D eigenvalue weighted by Gasteiger charge is 2.32. The van der Waals surface area contributed by atoms with E-state index < -0.39 is 5.97 Å². The van der Waals surface area contributed by atoms with E-state index in [0.717, 1.165) is 45.3 Å². The van der Waals surface area contributed by atoms with E-state index in [2.05, 4.69) is 0 Å². The highest BCUT2D eigenvalue weighted by Crippen LogP contribution is 2.36. The van der Waals surface area contributed by atoms with Gasteiger partial charge in [0.05, 0.1) is 5.92 Å². The minimum absolute atomic E-state index is 0.0920. The van der Waals surface area contributed by atoms with Crippen LogP contribution in [-0.2, 0) is 9.53 Å². The molecule has 2 rings (SSSR count). The van der Waals surface area contributed by atoms with Gasteiger partial charge in [0.1, 0.15) is 0 Å². The summed E-state index contributed by atoms with van der Waals surface area (Å²) in [7, 11) is 0. The van der Waals surface area contributed by atoms with E-state index >= 15 is 0 Å². The van der Waals surface area contributed by atoms with Crippen molar-refractivity contribution in [2.75, 3.05) is 13.2 Å². The molecule has 1 atom stereocenters. The van der Waals surface area contributed by atoms with Crippen LogP contribution in [0.3, 0.4) is 0 Å². The van der Waals surface area contributed by atoms with Crippen LogP contribution in [0.1, 0.15) is 44.9 Å². The Hall–Kier alpha value is -0.570. The minimum atomic E-state index is -0.571. The maximum atomic E-state index is 11.3. The number of carbonyl (C=O) groups is 1. The van der Waals surface area contributed by atoms with Crippen LogP contribution in [0.4, 0.5) is 0 Å². The molecule has 1 saturated carbocycles. The van der Waals surface area contributed by atoms with Gasteiger partial charge in [0.2, 0.25) is 0 Å². The Bertz CT molecular complexity index is 227. The van der Waals surface area contributed by atoms with E-state index in [1.807, 2.05) is 0 Å². The molecule has 1 saturated heterocycles. The third kappa shape index (κ3) is 2.97. The fourth-order valence-corrected chi connectivity index (χ4v) is 3.20. The molecule has 0 aromatic carbocycles. The number of aliphatic carboxylic acids is 1. The van der Waals surface area contributed by atoms with Crippen molar-refractivity contribution in [1.82, 2.24) is 0 Å². The van der Waals surface area contributed by atoms with Gasteiger partial charge in [0.25, 0.3) is 0 Å². The zero-order valence-corrected chi connectivity index (χ0v) is 9.86. The lowest BCUT2D eigenvalue weighted by Gasteiger charge is -2.27. The van der Waals surface area contributed by atoms with Crippen LogP contribution in [-0.4, -0.2) is 24.3 Å². The lowest BCUT2D eigenvalue weighted by Crippen LogP contribution is -2.27. The van der Waals surface area contributed by atoms with Crippen molar-refractivity contribution in [2.45, 2.75) is 44.9 Å². The predicted molar refractivity (Wildman–Crippen MR) is 61.2 cm³/mol. The second-order valence-corrected chi connectivity index (χ2v) is 5.28. The van der Waals surface area contributed by atoms with Crippen molar-refractivity contribution < 1.29 is 14.6 Å². The summed E-state index contributed by atoms with van der Waals surface area (Å²) in [6.45, 7) is 1.64. The first kappa shape index (κ1) is 11.9. The van der Waals surface area contributed by atoms with Crippen molar-refractivity contribution in [3.8, 4) is 0 Å². The Labute approximate surface area is 97.2 Å². The standard InChI is InChI=1S/C13H22O3/c14-13(15)12(11-3-1-2-4-11)9-10-5-7-16-8-6-10/h10-12H,1-9H2,(H,14,15). The zero-order chi connectivity index (χ0) is 11.4. The van der Waals surface area contributed by atoms with E-state index in [4.69, 9.17) is 4.74 Å². The van der Waals surface area contributed by atoms with E-state index in [0.29, 0.717) is 11.8 Å². The Morgan fingerprint density at radius 2 is 1.81 bits per heavy atom. The summed E-state index contributed by atoms with van der Waals surface area (Å²) >= 11 is 0. The third-order valence-corrected chi connectivity index (χ3v) is 4.21. The normalized spacial score (nSPS) is 25.8. The largest absolute Gasteiger partial charge is 0.481 e. The third-order valence-electron chi connectivity index (χ3n) is 4.21. The monoisotopic (exact) mass is 226 g/mol. The van der Waals surface area contributed by atoms with Gasteiger partial charge in [-0.15, -0.1) is 0 Å². The van der Waals surface area contributed by atoms with Crippen LogP contribution < -0.4 is 0 Å². The van der Waals surface area contributed by atoms with Crippen molar-refractivity contribution in [1.29, 1.82) is 0 Å². The van der Waals surface area contributed by atoms with Crippen LogP contribution in [0.15, 0.2) is 0 Å². The van der Waals surface area contributed by atoms with Gasteiger partial charge >= 0.3 is 5.97 Å². The molecular weight excluding hydrogens is 204 g/mol. The van der Waals surface area contributed by atoms with Crippen molar-refractivity contribution in [2.24, 2.45) is 17.8 Å². The van der Waals surface area contributed by atoms with Crippen molar-refractivity contribution in [3.63, 3.8) is 0 Å². The Morgan fingerprint density at radius 3 is 2.38 bits per heavy atom. The molecule has 0 aromatic heterocycles. The predicted octanol–water partition coefficient (Wildman–Crippen LogP) is 2.69. The molecule has 0 amide bonds. The molecule has 2 aliphatic rings. The van der Waals surface area contributed by atoms with E-state index in [1.165, 1.54) is 12.8 Å². The average molecular weight is 226 g/mol. The number of carboxylic acids is 1. The molecule has 1 unspecified atom stereocenters. The summed E-state index contributed by atoms with van der Waals surface area (Å²) in [6, 6.07) is 0. The summed E-state index contributed by atoms with van der Waals surface area (Å²) in [5, 5.41) is 9.33. The highest BCUT2D eigenvalue weighted by molar-refractivity contribution is 5.70. The molecule has 1 aliphatic carbocycles. The number of carboxylic acid groups (broad SMARTS) is 1. The molecule has 3 nitrogen and oxygen atoms in total. The lowest BCUT2D eigenvalue weighted by atomic mass is 9.81. The maximum absolute atomic E-state index is 11.3. The summed E-state index contributed by atoms with van der Waals surface area (Å²) in [6.07, 6.45) is 7.68. The second-order valence-electron chi connectivity index (χ2n) is 5.28. The van der Waals surface area contributed by atoms with Crippen LogP contribution >= 0.6 is 0 Å². The lowest BCUT2D eigenvalue weighted by molar-refractivity contribution is -0.144. The molecule has 0 spiro atoms. The Morgan fingerprint density at radius 1 is 1.19 bits per heavy atom. The van der Waals surface area contributed by atoms with Gasteiger partial charge in [0.15, 0.2) is 0 Å². The molecule has 1 aliphatic heterocycles. The number of ether oxygens (including phenoxy) is 1. The topological polar surface area (TPSA) is 46.5 Å². The average Bonchev–Trinajstić information content (AvgIpc) is 2.80. The number of hydrogen-bond donors (Lipinski definition) is 1. The first-order valence-corrected chi connectivity index (χ1v) is 6.58. The van der Waals surface area contributed by atoms with Crippen LogP contribution in [0, 0.1) is 17.8 Å². The summed E-state index contributed by atoms with van der Waals surface area (Å²) in [5.74, 6) is 0.361. The Balaban J connectivity index is 1.88. The number of hydrogen-bond acceptors (Lipinski definition) is 2. The van der Waals surface area contributed by atoms with Crippen molar-refractivity contribution >= 4 is 5.97 Å². The van der Waals surface area contributed by atoms with Crippen LogP contribution in [0.5, 0.6) is 0 Å². The first-order valence-electron chi connectivity index (χ1n) is 6.58. The molecule has 0 radical (unpaired) electrons. The van der Waals surface area contributed by atoms with Crippen LogP contribution in [0.25, 0.3) is 0 Å². The molecule has 92 valence electrons. The number of rotatable bonds is 4. The van der Waals surface area contributed by atoms with Crippen molar-refractivity contribution in [3.05, 3.63) is 0 Å². The molecule has 0 aromatic rings. The SMILES string of the molecule is O=C(O)C(CC1CCOCC1)C1CCCC1. The Kier molecular flexibility index (Phi) is 4.22. The molecule has 1 N–H and O–H groups in total. The van der Waals surface area contributed by atoms with Gasteiger partial charge in [0, 0.05) is 13.2 Å². The minimum Gasteiger partial charge on any atom is -0.481 e. The fraction of sp³-hybridized carbons (Fsp3) is 0.923. The highest BCUT2D eigenvalue weighted by atomic mass is 16.5. The van der Waals surface area contributed by atoms with E-state index in [-0.39, 0.29) is 5.92 Å². The molecule has 16 heavy (non-hydrogen) atoms. The molecular formula is C13H22O3. The van der Waals surface area contributed by atoms with E-state index in [9.17, 15) is 9.90 Å². The molecule has 0 bridgehead atoms. The zero-order valence-electron chi connectivity index (χ0n) is 9.86. The summed E-state index contributed by atoms with van der Waals surface area (Å²) in [4.78, 5) is 11.3. The quantitative estimate of drug-likeness (QED) is 0.801. The van der Waals surface area contributed by atoms with E-state index in [1.54, 1.807) is 0 Å². The maximum Gasteiger partial charge on any atom is 0.306 e. The smallest absolute Gasteiger partial charge is 0.306 e. The van der Waals surface area contributed by atoms with Crippen LogP contribution in [0.2, 0.25) is 0 Å². The van der Waals surface area contributed by atoms with Gasteiger partial charge in [-0.05, 0) is 43.9 Å². The van der Waals surface area contributed by atoms with Gasteiger partial charge < -0.3 is 9.84 Å². The second kappa shape index (κ2) is 5.67. The summed E-state index contributed by atoms with van der Waals surface area (Å²) < 4.78 is 5.32. The van der Waals surface area contributed by atoms with Gasteiger partial charge in [-0.2, -0.15) is 0 Å². The molecule has 3 heteroatoms. The molecule has 2 fully saturated rings. The van der Waals surface area contributed by atoms with Gasteiger partial charge in [-0.1, -0.05) is 12.8 Å². The van der Waals surface area contributed by atoms with Gasteiger partial charge in [-0.3, -0.25) is 4.79 Å². The summed E-state index contributed by atoms with van der Waals surface area (Å²) in [5.41, 5.74) is 0.